The first-order chi connectivity index (χ1) is 6.16. The molecule has 0 aliphatic heterocycles. The van der Waals surface area contributed by atoms with Gasteiger partial charge in [-0.25, -0.2) is 0 Å². The molecule has 0 aliphatic rings. The van der Waals surface area contributed by atoms with Gasteiger partial charge in [-0.15, -0.1) is 0 Å². The number of unbranched alkanes of at least 4 members (excludes halogenated alkanes) is 1. The molecular formula is C8H16N2O2S. The number of hydrogen-bond donors (Lipinski definition) is 2. The molecular weight excluding hydrogens is 188 g/mol. The quantitative estimate of drug-likeness (QED) is 0.579. The molecule has 76 valence electrons. The van der Waals surface area contributed by atoms with Crippen LogP contribution in [0.3, 0.4) is 0 Å². The van der Waals surface area contributed by atoms with E-state index >= 15 is 0 Å². The zero-order chi connectivity index (χ0) is 10.1. The predicted molar refractivity (Wildman–Crippen MR) is 54.4 cm³/mol. The molecule has 0 atom stereocenters. The Labute approximate surface area is 82.6 Å². The van der Waals surface area contributed by atoms with Crippen molar-refractivity contribution < 1.29 is 9.59 Å². The maximum Gasteiger partial charge on any atom is 0.236 e. The van der Waals surface area contributed by atoms with Crippen LogP contribution in [0, 0.1) is 0 Å². The van der Waals surface area contributed by atoms with Crippen LogP contribution in [0.25, 0.3) is 0 Å². The molecule has 0 unspecified atom stereocenters. The van der Waals surface area contributed by atoms with Gasteiger partial charge < -0.3 is 11.1 Å². The fourth-order valence-corrected chi connectivity index (χ4v) is 1.57. The summed E-state index contributed by atoms with van der Waals surface area (Å²) in [5, 5.41) is 2.42. The summed E-state index contributed by atoms with van der Waals surface area (Å²) >= 11 is 1.57. The zero-order valence-electron chi connectivity index (χ0n) is 7.84. The first kappa shape index (κ1) is 12.3. The zero-order valence-corrected chi connectivity index (χ0v) is 8.65. The number of primary amides is 1. The molecule has 0 fully saturated rings. The van der Waals surface area contributed by atoms with Crippen molar-refractivity contribution in [3.63, 3.8) is 0 Å². The van der Waals surface area contributed by atoms with Gasteiger partial charge in [-0.2, -0.15) is 11.8 Å². The molecule has 4 nitrogen and oxygen atoms in total. The van der Waals surface area contributed by atoms with E-state index in [4.69, 9.17) is 5.73 Å². The van der Waals surface area contributed by atoms with Gasteiger partial charge in [0.05, 0.1) is 12.3 Å². The number of carbonyl (C=O) groups is 2. The average molecular weight is 204 g/mol. The number of hydrogen-bond acceptors (Lipinski definition) is 3. The summed E-state index contributed by atoms with van der Waals surface area (Å²) in [4.78, 5) is 21.3. The number of nitrogens with one attached hydrogen (secondary N) is 1. The molecule has 0 bridgehead atoms. The highest BCUT2D eigenvalue weighted by molar-refractivity contribution is 7.99. The summed E-state index contributed by atoms with van der Waals surface area (Å²) in [7, 11) is 0. The van der Waals surface area contributed by atoms with E-state index in [1.807, 2.05) is 0 Å². The number of rotatable bonds is 7. The normalized spacial score (nSPS) is 9.62. The molecule has 0 rings (SSSR count). The first-order valence-corrected chi connectivity index (χ1v) is 5.45. The number of thioether (sulfide) groups is 1. The minimum atomic E-state index is -0.507. The Bertz CT molecular complexity index is 174. The van der Waals surface area contributed by atoms with E-state index in [2.05, 4.69) is 12.2 Å². The fraction of sp³-hybridized carbons (Fsp3) is 0.750. The third-order valence-electron chi connectivity index (χ3n) is 1.34. The van der Waals surface area contributed by atoms with Gasteiger partial charge in [0, 0.05) is 0 Å². The molecule has 0 aromatic rings. The second-order valence-electron chi connectivity index (χ2n) is 2.65. The van der Waals surface area contributed by atoms with Gasteiger partial charge >= 0.3 is 0 Å². The molecule has 5 heteroatoms. The van der Waals surface area contributed by atoms with E-state index in [0.29, 0.717) is 5.75 Å². The lowest BCUT2D eigenvalue weighted by Gasteiger charge is -2.01. The van der Waals surface area contributed by atoms with E-state index in [-0.39, 0.29) is 12.5 Å². The lowest BCUT2D eigenvalue weighted by molar-refractivity contribution is -0.123. The van der Waals surface area contributed by atoms with Crippen LogP contribution in [0.2, 0.25) is 0 Å². The van der Waals surface area contributed by atoms with Crippen LogP contribution < -0.4 is 11.1 Å². The third kappa shape index (κ3) is 9.20. The monoisotopic (exact) mass is 204 g/mol. The Morgan fingerprint density at radius 1 is 1.46 bits per heavy atom. The molecule has 2 amide bonds. The van der Waals surface area contributed by atoms with Gasteiger partial charge in [0.25, 0.3) is 0 Å². The minimum Gasteiger partial charge on any atom is -0.368 e. The van der Waals surface area contributed by atoms with Crippen molar-refractivity contribution >= 4 is 23.6 Å². The standard InChI is InChI=1S/C8H16N2O2S/c1-2-3-4-13-6-8(12)10-5-7(9)11/h2-6H2,1H3,(H2,9,11)(H,10,12). The molecule has 0 saturated heterocycles. The summed E-state index contributed by atoms with van der Waals surface area (Å²) in [5.74, 6) is 0.764. The Balaban J connectivity index is 3.25. The fourth-order valence-electron chi connectivity index (χ4n) is 0.648. The van der Waals surface area contributed by atoms with Crippen molar-refractivity contribution in [3.05, 3.63) is 0 Å². The van der Waals surface area contributed by atoms with Gasteiger partial charge in [0.1, 0.15) is 0 Å². The summed E-state index contributed by atoms with van der Waals surface area (Å²) in [6.45, 7) is 2.04. The smallest absolute Gasteiger partial charge is 0.236 e. The highest BCUT2D eigenvalue weighted by Gasteiger charge is 2.01. The highest BCUT2D eigenvalue weighted by atomic mass is 32.2. The second kappa shape index (κ2) is 7.91. The molecule has 0 aromatic carbocycles. The number of amides is 2. The molecule has 0 radical (unpaired) electrons. The largest absolute Gasteiger partial charge is 0.368 e. The Kier molecular flexibility index (Phi) is 7.48. The van der Waals surface area contributed by atoms with Crippen molar-refractivity contribution in [2.75, 3.05) is 18.1 Å². The van der Waals surface area contributed by atoms with Gasteiger partial charge in [-0.05, 0) is 12.2 Å². The summed E-state index contributed by atoms with van der Waals surface area (Å²) < 4.78 is 0. The van der Waals surface area contributed by atoms with Crippen LogP contribution in [-0.2, 0) is 9.59 Å². The van der Waals surface area contributed by atoms with Crippen molar-refractivity contribution in [1.29, 1.82) is 0 Å². The number of nitrogens with two attached hydrogens (primary N) is 1. The van der Waals surface area contributed by atoms with E-state index in [0.717, 1.165) is 18.6 Å². The topological polar surface area (TPSA) is 72.2 Å². The molecule has 0 aromatic heterocycles. The van der Waals surface area contributed by atoms with Crippen molar-refractivity contribution in [3.8, 4) is 0 Å². The summed E-state index contributed by atoms with van der Waals surface area (Å²) in [6.07, 6.45) is 2.25. The van der Waals surface area contributed by atoms with Crippen LogP contribution in [0.5, 0.6) is 0 Å². The van der Waals surface area contributed by atoms with Crippen LogP contribution in [0.1, 0.15) is 19.8 Å². The van der Waals surface area contributed by atoms with Crippen LogP contribution >= 0.6 is 11.8 Å². The second-order valence-corrected chi connectivity index (χ2v) is 3.75. The van der Waals surface area contributed by atoms with E-state index in [1.54, 1.807) is 11.8 Å². The Morgan fingerprint density at radius 2 is 2.15 bits per heavy atom. The molecule has 0 saturated carbocycles. The first-order valence-electron chi connectivity index (χ1n) is 4.29. The van der Waals surface area contributed by atoms with Crippen LogP contribution in [-0.4, -0.2) is 29.9 Å². The van der Waals surface area contributed by atoms with E-state index in [9.17, 15) is 9.59 Å². The minimum absolute atomic E-state index is 0.0623. The van der Waals surface area contributed by atoms with Crippen molar-refractivity contribution in [1.82, 2.24) is 5.32 Å². The predicted octanol–water partition coefficient (Wildman–Crippen LogP) is 0.121. The van der Waals surface area contributed by atoms with Crippen LogP contribution in [0.4, 0.5) is 0 Å². The van der Waals surface area contributed by atoms with E-state index in [1.165, 1.54) is 0 Å². The SMILES string of the molecule is CCCCSCC(=O)NCC(N)=O. The summed E-state index contributed by atoms with van der Waals surface area (Å²) in [5.41, 5.74) is 4.86. The highest BCUT2D eigenvalue weighted by Crippen LogP contribution is 2.03. The van der Waals surface area contributed by atoms with Crippen molar-refractivity contribution in [2.45, 2.75) is 19.8 Å². The molecule has 0 heterocycles. The van der Waals surface area contributed by atoms with Crippen molar-refractivity contribution in [2.24, 2.45) is 5.73 Å². The molecule has 13 heavy (non-hydrogen) atoms. The maximum atomic E-state index is 11.0. The summed E-state index contributed by atoms with van der Waals surface area (Å²) in [6, 6.07) is 0. The Hall–Kier alpha value is -0.710. The lowest BCUT2D eigenvalue weighted by Crippen LogP contribution is -2.34. The Morgan fingerprint density at radius 3 is 2.69 bits per heavy atom. The van der Waals surface area contributed by atoms with Gasteiger partial charge in [-0.1, -0.05) is 13.3 Å². The van der Waals surface area contributed by atoms with Gasteiger partial charge in [0.2, 0.25) is 11.8 Å². The number of carbonyl (C=O) groups excluding carboxylic acids is 2. The molecule has 0 spiro atoms. The van der Waals surface area contributed by atoms with E-state index < -0.39 is 5.91 Å². The third-order valence-corrected chi connectivity index (χ3v) is 2.38. The average Bonchev–Trinajstić information content (AvgIpc) is 2.09. The molecule has 0 aliphatic carbocycles. The lowest BCUT2D eigenvalue weighted by atomic mass is 10.4. The van der Waals surface area contributed by atoms with Gasteiger partial charge in [0.15, 0.2) is 0 Å². The van der Waals surface area contributed by atoms with Crippen LogP contribution in [0.15, 0.2) is 0 Å². The maximum absolute atomic E-state index is 11.0. The van der Waals surface area contributed by atoms with Gasteiger partial charge in [-0.3, -0.25) is 9.59 Å². The molecule has 3 N–H and O–H groups in total.